The van der Waals surface area contributed by atoms with Crippen LogP contribution in [0.2, 0.25) is 0 Å². The van der Waals surface area contributed by atoms with Gasteiger partial charge in [0.25, 0.3) is 10.0 Å². The number of anilines is 1. The van der Waals surface area contributed by atoms with E-state index < -0.39 is 10.0 Å². The Morgan fingerprint density at radius 2 is 1.35 bits per heavy atom. The van der Waals surface area contributed by atoms with Crippen molar-refractivity contribution in [2.45, 2.75) is 24.9 Å². The highest BCUT2D eigenvalue weighted by molar-refractivity contribution is 7.92. The van der Waals surface area contributed by atoms with E-state index in [4.69, 9.17) is 0 Å². The molecule has 5 rings (SSSR count). The Morgan fingerprint density at radius 1 is 0.735 bits per heavy atom. The number of aromatic nitrogens is 2. The van der Waals surface area contributed by atoms with Gasteiger partial charge in [-0.1, -0.05) is 72.8 Å². The fraction of sp³-hybridized carbons (Fsp3) is 0.107. The lowest BCUT2D eigenvalue weighted by Gasteiger charge is -2.25. The van der Waals surface area contributed by atoms with E-state index in [-0.39, 0.29) is 11.4 Å². The van der Waals surface area contributed by atoms with Gasteiger partial charge < -0.3 is 4.57 Å². The van der Waals surface area contributed by atoms with Crippen molar-refractivity contribution in [2.75, 3.05) is 4.31 Å². The molecule has 0 unspecified atom stereocenters. The number of aryl methyl sites for hydroxylation is 1. The first-order chi connectivity index (χ1) is 16.5. The Balaban J connectivity index is 1.46. The second-order valence-electron chi connectivity index (χ2n) is 8.21. The van der Waals surface area contributed by atoms with E-state index in [9.17, 15) is 8.42 Å². The lowest BCUT2D eigenvalue weighted by Crippen LogP contribution is -2.30. The maximum absolute atomic E-state index is 13.7. The largest absolute Gasteiger partial charge is 0.324 e. The number of hydrogen-bond donors (Lipinski definition) is 0. The molecule has 0 aliphatic heterocycles. The summed E-state index contributed by atoms with van der Waals surface area (Å²) in [6.45, 7) is 2.87. The summed E-state index contributed by atoms with van der Waals surface area (Å²) in [6, 6.07) is 34.0. The van der Waals surface area contributed by atoms with Crippen molar-refractivity contribution in [1.82, 2.24) is 9.55 Å². The molecule has 0 saturated carbocycles. The number of para-hydroxylation sites is 3. The summed E-state index contributed by atoms with van der Waals surface area (Å²) in [5.41, 5.74) is 4.60. The van der Waals surface area contributed by atoms with Gasteiger partial charge in [0, 0.05) is 6.54 Å². The molecule has 170 valence electrons. The van der Waals surface area contributed by atoms with Crippen molar-refractivity contribution in [3.05, 3.63) is 126 Å². The minimum Gasteiger partial charge on any atom is -0.324 e. The average Bonchev–Trinajstić information content (AvgIpc) is 3.19. The normalized spacial score (nSPS) is 11.6. The van der Waals surface area contributed by atoms with Crippen LogP contribution in [0.5, 0.6) is 0 Å². The molecule has 5 nitrogen and oxygen atoms in total. The van der Waals surface area contributed by atoms with E-state index in [1.807, 2.05) is 97.9 Å². The predicted octanol–water partition coefficient (Wildman–Crippen LogP) is 5.79. The van der Waals surface area contributed by atoms with Gasteiger partial charge in [0.1, 0.15) is 5.82 Å². The van der Waals surface area contributed by atoms with Crippen LogP contribution in [-0.4, -0.2) is 18.0 Å². The molecule has 0 spiro atoms. The summed E-state index contributed by atoms with van der Waals surface area (Å²) < 4.78 is 31.0. The molecule has 0 fully saturated rings. The van der Waals surface area contributed by atoms with Crippen LogP contribution in [0.3, 0.4) is 0 Å². The third kappa shape index (κ3) is 4.32. The van der Waals surface area contributed by atoms with Gasteiger partial charge in [0.15, 0.2) is 0 Å². The molecule has 0 aliphatic carbocycles. The van der Waals surface area contributed by atoms with E-state index in [1.54, 1.807) is 12.1 Å². The minimum absolute atomic E-state index is 0.259. The first-order valence-electron chi connectivity index (χ1n) is 11.1. The maximum atomic E-state index is 13.7. The Labute approximate surface area is 200 Å². The maximum Gasteiger partial charge on any atom is 0.264 e. The van der Waals surface area contributed by atoms with Crippen molar-refractivity contribution in [3.63, 3.8) is 0 Å². The molecule has 6 heteroatoms. The second kappa shape index (κ2) is 9.15. The highest BCUT2D eigenvalue weighted by atomic mass is 32.2. The summed E-state index contributed by atoms with van der Waals surface area (Å²) in [7, 11) is -3.76. The van der Waals surface area contributed by atoms with Crippen LogP contribution in [0.1, 0.15) is 17.0 Å². The van der Waals surface area contributed by atoms with Crippen molar-refractivity contribution in [3.8, 4) is 0 Å². The van der Waals surface area contributed by atoms with Gasteiger partial charge in [-0.15, -0.1) is 0 Å². The molecule has 34 heavy (non-hydrogen) atoms. The number of fused-ring (bicyclic) bond motifs is 1. The molecule has 5 aromatic rings. The van der Waals surface area contributed by atoms with Crippen LogP contribution in [-0.2, 0) is 23.1 Å². The van der Waals surface area contributed by atoms with Crippen molar-refractivity contribution in [1.29, 1.82) is 0 Å². The molecule has 1 heterocycles. The van der Waals surface area contributed by atoms with Crippen LogP contribution < -0.4 is 4.31 Å². The third-order valence-corrected chi connectivity index (χ3v) is 7.70. The Morgan fingerprint density at radius 3 is 2.06 bits per heavy atom. The van der Waals surface area contributed by atoms with E-state index in [0.717, 1.165) is 28.0 Å². The number of rotatable bonds is 7. The highest BCUT2D eigenvalue weighted by Gasteiger charge is 2.25. The summed E-state index contributed by atoms with van der Waals surface area (Å²) >= 11 is 0. The summed E-state index contributed by atoms with van der Waals surface area (Å²) in [4.78, 5) is 4.89. The van der Waals surface area contributed by atoms with E-state index in [1.165, 1.54) is 4.31 Å². The SMILES string of the molecule is Cc1nc2ccccc2n1Cc1ccc(S(=O)(=O)N(Cc2ccccc2)c2ccccc2)cc1. The van der Waals surface area contributed by atoms with Gasteiger partial charge in [0.2, 0.25) is 0 Å². The van der Waals surface area contributed by atoms with Gasteiger partial charge in [-0.25, -0.2) is 13.4 Å². The monoisotopic (exact) mass is 467 g/mol. The zero-order valence-corrected chi connectivity index (χ0v) is 19.7. The Bertz CT molecular complexity index is 1510. The number of sulfonamides is 1. The minimum atomic E-state index is -3.76. The molecule has 0 amide bonds. The average molecular weight is 468 g/mol. The molecule has 0 N–H and O–H groups in total. The standard InChI is InChI=1S/C28H25N3O2S/c1-22-29-27-14-8-9-15-28(27)30(22)20-24-16-18-26(19-17-24)34(32,33)31(25-12-6-3-7-13-25)21-23-10-4-2-5-11-23/h2-19H,20-21H2,1H3. The highest BCUT2D eigenvalue weighted by Crippen LogP contribution is 2.26. The molecular formula is C28H25N3O2S. The van der Waals surface area contributed by atoms with Gasteiger partial charge in [-0.2, -0.15) is 0 Å². The molecule has 0 aliphatic rings. The fourth-order valence-electron chi connectivity index (χ4n) is 4.13. The van der Waals surface area contributed by atoms with Crippen LogP contribution in [0.15, 0.2) is 114 Å². The lowest BCUT2D eigenvalue weighted by molar-refractivity contribution is 0.590. The molecule has 0 radical (unpaired) electrons. The van der Waals surface area contributed by atoms with Gasteiger partial charge in [-0.3, -0.25) is 4.31 Å². The summed E-state index contributed by atoms with van der Waals surface area (Å²) in [6.07, 6.45) is 0. The molecule has 0 saturated heterocycles. The van der Waals surface area contributed by atoms with E-state index in [2.05, 4.69) is 15.6 Å². The van der Waals surface area contributed by atoms with Crippen LogP contribution in [0.4, 0.5) is 5.69 Å². The molecule has 0 bridgehead atoms. The molecule has 1 aromatic heterocycles. The molecular weight excluding hydrogens is 442 g/mol. The van der Waals surface area contributed by atoms with Gasteiger partial charge in [0.05, 0.1) is 28.2 Å². The molecule has 0 atom stereocenters. The predicted molar refractivity (Wildman–Crippen MR) is 136 cm³/mol. The van der Waals surface area contributed by atoms with Crippen molar-refractivity contribution < 1.29 is 8.42 Å². The van der Waals surface area contributed by atoms with Crippen molar-refractivity contribution >= 4 is 26.7 Å². The number of nitrogens with zero attached hydrogens (tertiary/aromatic N) is 3. The topological polar surface area (TPSA) is 55.2 Å². The number of imidazole rings is 1. The van der Waals surface area contributed by atoms with E-state index >= 15 is 0 Å². The number of benzene rings is 4. The Kier molecular flexibility index (Phi) is 5.90. The van der Waals surface area contributed by atoms with Crippen LogP contribution in [0.25, 0.3) is 11.0 Å². The van der Waals surface area contributed by atoms with E-state index in [0.29, 0.717) is 12.2 Å². The van der Waals surface area contributed by atoms with Crippen molar-refractivity contribution in [2.24, 2.45) is 0 Å². The summed E-state index contributed by atoms with van der Waals surface area (Å²) in [5.74, 6) is 0.927. The lowest BCUT2D eigenvalue weighted by atomic mass is 10.2. The zero-order chi connectivity index (χ0) is 23.5. The first kappa shape index (κ1) is 21.9. The second-order valence-corrected chi connectivity index (χ2v) is 10.1. The zero-order valence-electron chi connectivity index (χ0n) is 18.9. The fourth-order valence-corrected chi connectivity index (χ4v) is 5.58. The smallest absolute Gasteiger partial charge is 0.264 e. The molecule has 4 aromatic carbocycles. The van der Waals surface area contributed by atoms with Gasteiger partial charge >= 0.3 is 0 Å². The quantitative estimate of drug-likeness (QED) is 0.304. The van der Waals surface area contributed by atoms with Gasteiger partial charge in [-0.05, 0) is 54.4 Å². The number of hydrogen-bond acceptors (Lipinski definition) is 3. The first-order valence-corrected chi connectivity index (χ1v) is 12.6. The summed E-state index contributed by atoms with van der Waals surface area (Å²) in [5, 5.41) is 0. The van der Waals surface area contributed by atoms with Crippen LogP contribution >= 0.6 is 0 Å². The van der Waals surface area contributed by atoms with Crippen LogP contribution in [0, 0.1) is 6.92 Å². The Hall–Kier alpha value is -3.90. The third-order valence-electron chi connectivity index (χ3n) is 5.91.